The number of carbonyl (C=O) groups is 1. The number of ether oxygens (including phenoxy) is 1. The van der Waals surface area contributed by atoms with Crippen LogP contribution >= 0.6 is 0 Å². The topological polar surface area (TPSA) is 26.3 Å². The molecule has 1 aromatic carbocycles. The van der Waals surface area contributed by atoms with Gasteiger partial charge in [0.15, 0.2) is 0 Å². The van der Waals surface area contributed by atoms with Crippen molar-refractivity contribution in [3.63, 3.8) is 0 Å². The lowest BCUT2D eigenvalue weighted by Gasteiger charge is -2.24. The van der Waals surface area contributed by atoms with Crippen LogP contribution in [0.5, 0.6) is 5.75 Å². The molecule has 2 heteroatoms. The summed E-state index contributed by atoms with van der Waals surface area (Å²) in [6.07, 6.45) is 13.9. The largest absolute Gasteiger partial charge is 0.427 e. The molecule has 0 amide bonds. The number of hydrogen-bond donors (Lipinski definition) is 0. The second kappa shape index (κ2) is 11.2. The molecule has 1 aliphatic carbocycles. The number of unbranched alkanes of at least 4 members (excludes halogenated alkanes) is 1. The molecule has 0 fully saturated rings. The van der Waals surface area contributed by atoms with E-state index in [-0.39, 0.29) is 5.97 Å². The summed E-state index contributed by atoms with van der Waals surface area (Å²) in [6, 6.07) is 8.05. The van der Waals surface area contributed by atoms with Crippen molar-refractivity contribution in [3.05, 3.63) is 35.9 Å². The molecule has 0 bridgehead atoms. The van der Waals surface area contributed by atoms with Gasteiger partial charge in [-0.15, -0.1) is 0 Å². The second-order valence-corrected chi connectivity index (χ2v) is 7.73. The molecule has 0 N–H and O–H groups in total. The molecule has 0 saturated heterocycles. The summed E-state index contributed by atoms with van der Waals surface area (Å²) in [5, 5.41) is 0. The third kappa shape index (κ3) is 6.63. The van der Waals surface area contributed by atoms with Gasteiger partial charge in [0.05, 0.1) is 0 Å². The highest BCUT2D eigenvalue weighted by Crippen LogP contribution is 2.34. The third-order valence-electron chi connectivity index (χ3n) is 5.85. The van der Waals surface area contributed by atoms with Crippen LogP contribution in [0, 0.1) is 11.8 Å². The lowest BCUT2D eigenvalue weighted by molar-refractivity contribution is -0.134. The Kier molecular flexibility index (Phi) is 8.94. The molecule has 0 spiro atoms. The molecule has 0 heterocycles. The molecular weight excluding hydrogens is 320 g/mol. The first-order valence-electron chi connectivity index (χ1n) is 10.7. The minimum atomic E-state index is -0.128. The van der Waals surface area contributed by atoms with E-state index in [1.807, 2.05) is 12.1 Å². The van der Waals surface area contributed by atoms with E-state index in [9.17, 15) is 4.79 Å². The lowest BCUT2D eigenvalue weighted by atomic mass is 9.82. The van der Waals surface area contributed by atoms with Gasteiger partial charge < -0.3 is 4.74 Å². The predicted octanol–water partition coefficient (Wildman–Crippen LogP) is 7.18. The molecule has 1 aromatic rings. The van der Waals surface area contributed by atoms with Gasteiger partial charge in [-0.05, 0) is 67.2 Å². The van der Waals surface area contributed by atoms with E-state index >= 15 is 0 Å². The summed E-state index contributed by atoms with van der Waals surface area (Å²) < 4.78 is 5.39. The van der Waals surface area contributed by atoms with Crippen molar-refractivity contribution in [2.45, 2.75) is 85.0 Å². The van der Waals surface area contributed by atoms with Gasteiger partial charge in [0, 0.05) is 6.42 Å². The Morgan fingerprint density at radius 2 is 1.88 bits per heavy atom. The quantitative estimate of drug-likeness (QED) is 0.328. The number of rotatable bonds is 10. The van der Waals surface area contributed by atoms with Crippen molar-refractivity contribution in [2.24, 2.45) is 11.8 Å². The number of hydrogen-bond acceptors (Lipinski definition) is 2. The second-order valence-electron chi connectivity index (χ2n) is 7.73. The number of benzene rings is 1. The third-order valence-corrected chi connectivity index (χ3v) is 5.85. The van der Waals surface area contributed by atoms with Crippen LogP contribution in [0.4, 0.5) is 0 Å². The van der Waals surface area contributed by atoms with E-state index in [1.165, 1.54) is 56.1 Å². The smallest absolute Gasteiger partial charge is 0.311 e. The molecular formula is C24H36O2. The molecule has 0 saturated carbocycles. The van der Waals surface area contributed by atoms with Gasteiger partial charge in [0.1, 0.15) is 5.75 Å². The minimum Gasteiger partial charge on any atom is -0.427 e. The van der Waals surface area contributed by atoms with Crippen LogP contribution in [-0.4, -0.2) is 5.97 Å². The van der Waals surface area contributed by atoms with Gasteiger partial charge in [-0.2, -0.15) is 0 Å². The highest BCUT2D eigenvalue weighted by molar-refractivity contribution is 5.73. The zero-order chi connectivity index (χ0) is 18.8. The van der Waals surface area contributed by atoms with E-state index in [0.717, 1.165) is 24.7 Å². The highest BCUT2D eigenvalue weighted by atomic mass is 16.5. The molecule has 26 heavy (non-hydrogen) atoms. The van der Waals surface area contributed by atoms with Crippen LogP contribution in [0.25, 0.3) is 5.57 Å². The van der Waals surface area contributed by atoms with E-state index in [0.29, 0.717) is 12.2 Å². The Bertz CT molecular complexity index is 566. The average molecular weight is 357 g/mol. The molecule has 144 valence electrons. The lowest BCUT2D eigenvalue weighted by Crippen LogP contribution is -2.08. The van der Waals surface area contributed by atoms with Crippen LogP contribution in [0.1, 0.15) is 90.5 Å². The Morgan fingerprint density at radius 3 is 2.46 bits per heavy atom. The summed E-state index contributed by atoms with van der Waals surface area (Å²) in [7, 11) is 0. The van der Waals surface area contributed by atoms with Gasteiger partial charge in [-0.1, -0.05) is 64.7 Å². The Hall–Kier alpha value is -1.57. The molecule has 0 aliphatic heterocycles. The summed E-state index contributed by atoms with van der Waals surface area (Å²) in [5.74, 6) is 2.30. The van der Waals surface area contributed by atoms with Crippen LogP contribution in [0.3, 0.4) is 0 Å². The van der Waals surface area contributed by atoms with Crippen molar-refractivity contribution >= 4 is 11.5 Å². The maximum Gasteiger partial charge on any atom is 0.311 e. The minimum absolute atomic E-state index is 0.128. The van der Waals surface area contributed by atoms with Crippen molar-refractivity contribution in [1.29, 1.82) is 0 Å². The predicted molar refractivity (Wildman–Crippen MR) is 110 cm³/mol. The normalized spacial score (nSPS) is 17.2. The van der Waals surface area contributed by atoms with Gasteiger partial charge in [0.2, 0.25) is 0 Å². The molecule has 1 atom stereocenters. The molecule has 0 aromatic heterocycles. The summed E-state index contributed by atoms with van der Waals surface area (Å²) in [5.41, 5.74) is 2.73. The summed E-state index contributed by atoms with van der Waals surface area (Å²) in [4.78, 5) is 11.7. The van der Waals surface area contributed by atoms with E-state index < -0.39 is 0 Å². The van der Waals surface area contributed by atoms with Gasteiger partial charge >= 0.3 is 5.97 Å². The van der Waals surface area contributed by atoms with E-state index in [1.54, 1.807) is 0 Å². The van der Waals surface area contributed by atoms with Crippen LogP contribution in [-0.2, 0) is 4.79 Å². The van der Waals surface area contributed by atoms with E-state index in [2.05, 4.69) is 39.0 Å². The first-order chi connectivity index (χ1) is 12.7. The first-order valence-corrected chi connectivity index (χ1v) is 10.7. The standard InChI is InChI=1S/C24H36O2/c1-4-7-8-24(25)26-23-17-15-22(16-18-23)21-13-11-20(12-14-21)10-9-19(5-2)6-3/h13,15-20H,4-12,14H2,1-3H3. The Morgan fingerprint density at radius 1 is 1.15 bits per heavy atom. The van der Waals surface area contributed by atoms with E-state index in [4.69, 9.17) is 4.74 Å². The first kappa shape index (κ1) is 20.7. The molecule has 2 rings (SSSR count). The fourth-order valence-electron chi connectivity index (χ4n) is 3.82. The maximum atomic E-state index is 11.7. The fourth-order valence-corrected chi connectivity index (χ4v) is 3.82. The van der Waals surface area contributed by atoms with Crippen LogP contribution in [0.2, 0.25) is 0 Å². The Labute approximate surface area is 160 Å². The molecule has 1 aliphatic rings. The maximum absolute atomic E-state index is 11.7. The average Bonchev–Trinajstić information content (AvgIpc) is 2.68. The fraction of sp³-hybridized carbons (Fsp3) is 0.625. The van der Waals surface area contributed by atoms with Crippen LogP contribution < -0.4 is 4.74 Å². The number of allylic oxidation sites excluding steroid dienone is 2. The monoisotopic (exact) mass is 356 g/mol. The van der Waals surface area contributed by atoms with Gasteiger partial charge in [0.25, 0.3) is 0 Å². The molecule has 0 radical (unpaired) electrons. The SMILES string of the molecule is CCCCC(=O)Oc1ccc(C2=CCC(CCC(CC)CC)CC2)cc1. The molecule has 1 unspecified atom stereocenters. The summed E-state index contributed by atoms with van der Waals surface area (Å²) in [6.45, 7) is 6.71. The number of esters is 1. The van der Waals surface area contributed by atoms with Crippen LogP contribution in [0.15, 0.2) is 30.3 Å². The Balaban J connectivity index is 1.83. The molecule has 2 nitrogen and oxygen atoms in total. The van der Waals surface area contributed by atoms with Gasteiger partial charge in [-0.25, -0.2) is 0 Å². The van der Waals surface area contributed by atoms with Crippen molar-refractivity contribution in [2.75, 3.05) is 0 Å². The highest BCUT2D eigenvalue weighted by Gasteiger charge is 2.17. The summed E-state index contributed by atoms with van der Waals surface area (Å²) >= 11 is 0. The zero-order valence-corrected chi connectivity index (χ0v) is 16.9. The van der Waals surface area contributed by atoms with Gasteiger partial charge in [-0.3, -0.25) is 4.79 Å². The number of carbonyl (C=O) groups excluding carboxylic acids is 1. The van der Waals surface area contributed by atoms with Crippen molar-refractivity contribution < 1.29 is 9.53 Å². The van der Waals surface area contributed by atoms with Crippen molar-refractivity contribution in [1.82, 2.24) is 0 Å². The van der Waals surface area contributed by atoms with Crippen molar-refractivity contribution in [3.8, 4) is 5.75 Å². The zero-order valence-electron chi connectivity index (χ0n) is 16.9.